The molecule has 0 radical (unpaired) electrons. The van der Waals surface area contributed by atoms with E-state index >= 15 is 4.39 Å². The average Bonchev–Trinajstić information content (AvgIpc) is 3.42. The Morgan fingerprint density at radius 2 is 2.03 bits per heavy atom. The molecule has 1 aromatic carbocycles. The third-order valence-corrected chi connectivity index (χ3v) is 7.84. The van der Waals surface area contributed by atoms with Gasteiger partial charge in [0.05, 0.1) is 31.0 Å². The maximum atomic E-state index is 15.2. The Morgan fingerprint density at radius 1 is 1.20 bits per heavy atom. The van der Waals surface area contributed by atoms with Gasteiger partial charge in [-0.15, -0.1) is 0 Å². The number of amides is 1. The Kier molecular flexibility index (Phi) is 4.34. The van der Waals surface area contributed by atoms with Crippen molar-refractivity contribution >= 4 is 34.1 Å². The highest BCUT2D eigenvalue weighted by molar-refractivity contribution is 6.02. The standard InChI is InChI=1S/C26H26FN5O3/c1-13-2-3-20(14-6-18(27)23-21(7-14)35-26(4-5-26)25(33)31-23)32(10-13)22-8-15-16-11-34-12-17(16)24(28)30-19(15)9-29-22/h6-9,13,20H,2-5,10-12H2,1H3,(H2,28,30)(H,31,33)/t13-,20?/m0/s1. The number of nitrogens with two attached hydrogens (primary N) is 1. The minimum Gasteiger partial charge on any atom is -0.475 e. The molecule has 1 aliphatic carbocycles. The Balaban J connectivity index is 1.30. The molecule has 35 heavy (non-hydrogen) atoms. The quantitative estimate of drug-likeness (QED) is 0.572. The summed E-state index contributed by atoms with van der Waals surface area (Å²) in [5, 5.41) is 3.71. The normalized spacial score (nSPS) is 24.2. The number of anilines is 3. The summed E-state index contributed by atoms with van der Waals surface area (Å²) >= 11 is 0. The summed E-state index contributed by atoms with van der Waals surface area (Å²) < 4.78 is 26.8. The van der Waals surface area contributed by atoms with Gasteiger partial charge in [-0.3, -0.25) is 4.79 Å². The smallest absolute Gasteiger partial charge is 0.268 e. The van der Waals surface area contributed by atoms with Gasteiger partial charge in [0.25, 0.3) is 5.91 Å². The number of benzene rings is 1. The second-order valence-electron chi connectivity index (χ2n) is 10.3. The van der Waals surface area contributed by atoms with Crippen molar-refractivity contribution in [2.24, 2.45) is 5.92 Å². The molecule has 1 saturated carbocycles. The van der Waals surface area contributed by atoms with E-state index in [-0.39, 0.29) is 17.6 Å². The van der Waals surface area contributed by atoms with E-state index in [1.54, 1.807) is 6.20 Å². The molecular weight excluding hydrogens is 449 g/mol. The molecule has 2 aromatic heterocycles. The van der Waals surface area contributed by atoms with Crippen LogP contribution in [0.5, 0.6) is 5.75 Å². The summed E-state index contributed by atoms with van der Waals surface area (Å²) in [6.07, 6.45) is 4.96. The van der Waals surface area contributed by atoms with E-state index in [4.69, 9.17) is 20.2 Å². The summed E-state index contributed by atoms with van der Waals surface area (Å²) in [5.74, 6) is 1.47. The van der Waals surface area contributed by atoms with Crippen LogP contribution in [0.2, 0.25) is 0 Å². The molecule has 0 bridgehead atoms. The van der Waals surface area contributed by atoms with Crippen molar-refractivity contribution in [2.75, 3.05) is 22.5 Å². The maximum absolute atomic E-state index is 15.2. The number of hydrogen-bond acceptors (Lipinski definition) is 7. The zero-order chi connectivity index (χ0) is 23.9. The lowest BCUT2D eigenvalue weighted by Crippen LogP contribution is -2.40. The molecule has 2 atom stereocenters. The lowest BCUT2D eigenvalue weighted by Gasteiger charge is -2.40. The number of fused-ring (bicyclic) bond motifs is 4. The number of hydrogen-bond donors (Lipinski definition) is 2. The zero-order valence-corrected chi connectivity index (χ0v) is 19.4. The van der Waals surface area contributed by atoms with Crippen LogP contribution in [0.4, 0.5) is 21.7 Å². The predicted octanol–water partition coefficient (Wildman–Crippen LogP) is 4.22. The van der Waals surface area contributed by atoms with Gasteiger partial charge in [-0.2, -0.15) is 0 Å². The van der Waals surface area contributed by atoms with Gasteiger partial charge < -0.3 is 25.4 Å². The van der Waals surface area contributed by atoms with Crippen molar-refractivity contribution in [1.29, 1.82) is 0 Å². The number of ether oxygens (including phenoxy) is 2. The van der Waals surface area contributed by atoms with Crippen molar-refractivity contribution < 1.29 is 18.7 Å². The third-order valence-electron chi connectivity index (χ3n) is 7.84. The Hall–Kier alpha value is -3.46. The minimum absolute atomic E-state index is 0.0710. The lowest BCUT2D eigenvalue weighted by molar-refractivity contribution is -0.125. The fraction of sp³-hybridized carbons (Fsp3) is 0.423. The predicted molar refractivity (Wildman–Crippen MR) is 129 cm³/mol. The van der Waals surface area contributed by atoms with Crippen LogP contribution in [0.3, 0.4) is 0 Å². The topological polar surface area (TPSA) is 103 Å². The van der Waals surface area contributed by atoms with Crippen molar-refractivity contribution in [3.63, 3.8) is 0 Å². The van der Waals surface area contributed by atoms with Gasteiger partial charge in [-0.1, -0.05) is 6.92 Å². The largest absolute Gasteiger partial charge is 0.475 e. The maximum Gasteiger partial charge on any atom is 0.268 e. The monoisotopic (exact) mass is 475 g/mol. The Morgan fingerprint density at radius 3 is 2.86 bits per heavy atom. The average molecular weight is 476 g/mol. The first-order valence-corrected chi connectivity index (χ1v) is 12.2. The van der Waals surface area contributed by atoms with Crippen LogP contribution in [-0.2, 0) is 22.7 Å². The number of carbonyl (C=O) groups excluding carboxylic acids is 1. The van der Waals surface area contributed by atoms with E-state index < -0.39 is 11.4 Å². The number of rotatable bonds is 2. The molecule has 180 valence electrons. The summed E-state index contributed by atoms with van der Waals surface area (Å²) in [5.41, 5.74) is 9.03. The minimum atomic E-state index is -0.823. The highest BCUT2D eigenvalue weighted by atomic mass is 19.1. The van der Waals surface area contributed by atoms with Crippen molar-refractivity contribution in [3.05, 3.63) is 46.9 Å². The van der Waals surface area contributed by atoms with E-state index in [9.17, 15) is 4.79 Å². The first-order valence-electron chi connectivity index (χ1n) is 12.2. The summed E-state index contributed by atoms with van der Waals surface area (Å²) in [6.45, 7) is 3.99. The van der Waals surface area contributed by atoms with Crippen LogP contribution in [-0.4, -0.2) is 28.0 Å². The summed E-state index contributed by atoms with van der Waals surface area (Å²) in [7, 11) is 0. The summed E-state index contributed by atoms with van der Waals surface area (Å²) in [4.78, 5) is 23.8. The van der Waals surface area contributed by atoms with Crippen LogP contribution >= 0.6 is 0 Å². The number of nitrogen functional groups attached to an aromatic ring is 1. The first kappa shape index (κ1) is 20.9. The van der Waals surface area contributed by atoms with Gasteiger partial charge >= 0.3 is 0 Å². The van der Waals surface area contributed by atoms with E-state index in [0.29, 0.717) is 43.5 Å². The molecule has 8 nitrogen and oxygen atoms in total. The van der Waals surface area contributed by atoms with Gasteiger partial charge in [0.1, 0.15) is 23.1 Å². The highest BCUT2D eigenvalue weighted by Crippen LogP contribution is 2.49. The SMILES string of the molecule is C[C@H]1CCC(c2cc(F)c3c(c2)OC2(CC2)C(=O)N3)N(c2cc3c4c(c(N)nc3cn2)COC4)C1. The zero-order valence-electron chi connectivity index (χ0n) is 19.4. The van der Waals surface area contributed by atoms with E-state index in [2.05, 4.69) is 28.2 Å². The van der Waals surface area contributed by atoms with Gasteiger partial charge in [0.15, 0.2) is 11.4 Å². The fourth-order valence-corrected chi connectivity index (χ4v) is 5.70. The van der Waals surface area contributed by atoms with Crippen LogP contribution in [0.25, 0.3) is 10.9 Å². The third kappa shape index (κ3) is 3.17. The Labute approximate surface area is 201 Å². The van der Waals surface area contributed by atoms with Gasteiger partial charge in [0, 0.05) is 30.3 Å². The number of nitrogens with zero attached hydrogens (tertiary/aromatic N) is 3. The molecule has 3 aromatic rings. The Bertz CT molecular complexity index is 1410. The molecule has 9 heteroatoms. The van der Waals surface area contributed by atoms with E-state index in [1.807, 2.05) is 6.07 Å². The van der Waals surface area contributed by atoms with Crippen LogP contribution in [0.1, 0.15) is 55.3 Å². The molecule has 3 aliphatic heterocycles. The van der Waals surface area contributed by atoms with E-state index in [0.717, 1.165) is 52.8 Å². The van der Waals surface area contributed by atoms with Crippen molar-refractivity contribution in [1.82, 2.24) is 9.97 Å². The second-order valence-corrected chi connectivity index (χ2v) is 10.3. The fourth-order valence-electron chi connectivity index (χ4n) is 5.70. The number of nitrogens with one attached hydrogen (secondary N) is 1. The summed E-state index contributed by atoms with van der Waals surface area (Å²) in [6, 6.07) is 5.40. The molecule has 2 fully saturated rings. The van der Waals surface area contributed by atoms with Crippen LogP contribution in [0, 0.1) is 11.7 Å². The van der Waals surface area contributed by atoms with Crippen molar-refractivity contribution in [3.8, 4) is 5.75 Å². The number of piperidine rings is 1. The molecule has 3 N–H and O–H groups in total. The number of pyridine rings is 2. The molecular formula is C26H26FN5O3. The number of halogens is 1. The van der Waals surface area contributed by atoms with Crippen LogP contribution in [0.15, 0.2) is 24.4 Å². The van der Waals surface area contributed by atoms with Crippen LogP contribution < -0.4 is 20.7 Å². The van der Waals surface area contributed by atoms with E-state index in [1.165, 1.54) is 6.07 Å². The molecule has 7 rings (SSSR count). The number of carbonyl (C=O) groups is 1. The molecule has 1 saturated heterocycles. The van der Waals surface area contributed by atoms with Gasteiger partial charge in [0.2, 0.25) is 0 Å². The molecule has 4 aliphatic rings. The number of aromatic nitrogens is 2. The second kappa shape index (κ2) is 7.27. The first-order chi connectivity index (χ1) is 16.9. The van der Waals surface area contributed by atoms with Gasteiger partial charge in [-0.05, 0) is 48.1 Å². The molecule has 1 spiro atoms. The molecule has 5 heterocycles. The van der Waals surface area contributed by atoms with Gasteiger partial charge in [-0.25, -0.2) is 14.4 Å². The van der Waals surface area contributed by atoms with Crippen molar-refractivity contribution in [2.45, 2.75) is 57.5 Å². The lowest BCUT2D eigenvalue weighted by atomic mass is 9.89. The molecule has 1 unspecified atom stereocenters. The highest BCUT2D eigenvalue weighted by Gasteiger charge is 2.55. The molecule has 1 amide bonds.